The van der Waals surface area contributed by atoms with Crippen molar-refractivity contribution in [1.82, 2.24) is 10.2 Å². The van der Waals surface area contributed by atoms with E-state index in [1.165, 1.54) is 12.1 Å². The Labute approximate surface area is 214 Å². The normalized spacial score (nSPS) is 13.6. The third kappa shape index (κ3) is 4.81. The molecule has 0 atom stereocenters. The number of hydrogen-bond acceptors (Lipinski definition) is 6. The van der Waals surface area contributed by atoms with Gasteiger partial charge in [-0.15, -0.1) is 11.3 Å². The van der Waals surface area contributed by atoms with E-state index < -0.39 is 5.60 Å². The number of hydrogen-bond donors (Lipinski definition) is 2. The number of thiophene rings is 1. The predicted molar refractivity (Wildman–Crippen MR) is 139 cm³/mol. The number of amides is 2. The number of aryl methyl sites for hydroxylation is 2. The smallest absolute Gasteiger partial charge is 0.267 e. The van der Waals surface area contributed by atoms with Gasteiger partial charge in [0.1, 0.15) is 16.4 Å². The van der Waals surface area contributed by atoms with Gasteiger partial charge in [0, 0.05) is 13.6 Å². The van der Waals surface area contributed by atoms with Crippen molar-refractivity contribution >= 4 is 34.5 Å². The van der Waals surface area contributed by atoms with Gasteiger partial charge < -0.3 is 25.0 Å². The van der Waals surface area contributed by atoms with Gasteiger partial charge >= 0.3 is 0 Å². The zero-order valence-corrected chi connectivity index (χ0v) is 22.0. The van der Waals surface area contributed by atoms with Crippen LogP contribution < -0.4 is 15.0 Å². The average Bonchev–Trinajstić information content (AvgIpc) is 3.24. The third-order valence-corrected chi connectivity index (χ3v) is 7.16. The van der Waals surface area contributed by atoms with Crippen LogP contribution in [0.3, 0.4) is 0 Å². The summed E-state index contributed by atoms with van der Waals surface area (Å²) in [6, 6.07) is 9.90. The molecule has 1 aliphatic heterocycles. The van der Waals surface area contributed by atoms with E-state index in [-0.39, 0.29) is 24.3 Å². The first-order valence-electron chi connectivity index (χ1n) is 11.7. The summed E-state index contributed by atoms with van der Waals surface area (Å²) < 4.78 is 20.3. The Hall–Kier alpha value is -3.43. The number of carbonyl (C=O) groups is 2. The summed E-state index contributed by atoms with van der Waals surface area (Å²) in [6.45, 7) is 9.46. The standard InChI is InChI=1S/C27H30FN3O4S/c1-7-29-25(32)22-13-20-24(36-22)26(33)30(6)14-31(20)19-12-17(27(4,5)34)8-9-21(19)35-23-15(2)10-18(28)11-16(23)3/h8-13,34H,7,14H2,1-6H3,(H,29,32). The largest absolute Gasteiger partial charge is 0.455 e. The minimum Gasteiger partial charge on any atom is -0.455 e. The molecule has 0 aliphatic carbocycles. The van der Waals surface area contributed by atoms with Crippen molar-refractivity contribution in [3.05, 3.63) is 68.7 Å². The highest BCUT2D eigenvalue weighted by Gasteiger charge is 2.34. The molecule has 2 aromatic carbocycles. The van der Waals surface area contributed by atoms with Gasteiger partial charge in [-0.3, -0.25) is 9.59 Å². The highest BCUT2D eigenvalue weighted by Crippen LogP contribution is 2.45. The average molecular weight is 512 g/mol. The van der Waals surface area contributed by atoms with Gasteiger partial charge in [-0.1, -0.05) is 6.07 Å². The fourth-order valence-corrected chi connectivity index (χ4v) is 5.26. The zero-order valence-electron chi connectivity index (χ0n) is 21.2. The van der Waals surface area contributed by atoms with E-state index in [1.807, 2.05) is 17.9 Å². The molecule has 7 nitrogen and oxygen atoms in total. The van der Waals surface area contributed by atoms with Gasteiger partial charge in [0.2, 0.25) is 0 Å². The topological polar surface area (TPSA) is 82.1 Å². The van der Waals surface area contributed by atoms with Crippen molar-refractivity contribution in [2.45, 2.75) is 40.2 Å². The van der Waals surface area contributed by atoms with Crippen LogP contribution in [0.25, 0.3) is 0 Å². The van der Waals surface area contributed by atoms with E-state index in [4.69, 9.17) is 4.74 Å². The summed E-state index contributed by atoms with van der Waals surface area (Å²) in [5.74, 6) is 0.246. The number of aliphatic hydroxyl groups is 1. The maximum atomic E-state index is 13.9. The molecule has 2 amide bonds. The molecule has 0 unspecified atom stereocenters. The highest BCUT2D eigenvalue weighted by atomic mass is 32.1. The Morgan fingerprint density at radius 2 is 1.83 bits per heavy atom. The van der Waals surface area contributed by atoms with Crippen molar-refractivity contribution in [2.75, 3.05) is 25.2 Å². The van der Waals surface area contributed by atoms with Crippen LogP contribution in [0.2, 0.25) is 0 Å². The quantitative estimate of drug-likeness (QED) is 0.460. The summed E-state index contributed by atoms with van der Waals surface area (Å²) in [4.78, 5) is 29.9. The number of halogens is 1. The second-order valence-corrected chi connectivity index (χ2v) is 10.5. The number of nitrogens with zero attached hydrogens (tertiary/aromatic N) is 2. The number of rotatable bonds is 6. The third-order valence-electron chi connectivity index (χ3n) is 6.05. The van der Waals surface area contributed by atoms with Crippen molar-refractivity contribution in [1.29, 1.82) is 0 Å². The summed E-state index contributed by atoms with van der Waals surface area (Å²) in [5, 5.41) is 13.5. The number of anilines is 2. The van der Waals surface area contributed by atoms with Crippen LogP contribution in [0.5, 0.6) is 11.5 Å². The Morgan fingerprint density at radius 1 is 1.17 bits per heavy atom. The molecule has 2 heterocycles. The van der Waals surface area contributed by atoms with Crippen LogP contribution in [0.1, 0.15) is 56.8 Å². The van der Waals surface area contributed by atoms with Crippen molar-refractivity contribution in [2.24, 2.45) is 0 Å². The number of benzene rings is 2. The lowest BCUT2D eigenvalue weighted by Gasteiger charge is -2.36. The van der Waals surface area contributed by atoms with E-state index in [9.17, 15) is 19.1 Å². The maximum Gasteiger partial charge on any atom is 0.267 e. The minimum atomic E-state index is -1.13. The molecule has 36 heavy (non-hydrogen) atoms. The Bertz CT molecular complexity index is 1320. The second-order valence-electron chi connectivity index (χ2n) is 9.47. The van der Waals surface area contributed by atoms with Crippen LogP contribution in [-0.4, -0.2) is 42.1 Å². The SMILES string of the molecule is CCNC(=O)c1cc2c(s1)C(=O)N(C)CN2c1cc(C(C)(C)O)ccc1Oc1c(C)cc(F)cc1C. The van der Waals surface area contributed by atoms with Crippen LogP contribution in [0.4, 0.5) is 15.8 Å². The first kappa shape index (κ1) is 25.7. The van der Waals surface area contributed by atoms with Crippen molar-refractivity contribution in [3.8, 4) is 11.5 Å². The molecule has 9 heteroatoms. The van der Waals surface area contributed by atoms with Crippen LogP contribution in [0.15, 0.2) is 36.4 Å². The summed E-state index contributed by atoms with van der Waals surface area (Å²) >= 11 is 1.14. The van der Waals surface area contributed by atoms with Gasteiger partial charge in [0.05, 0.1) is 28.5 Å². The molecule has 0 spiro atoms. The monoisotopic (exact) mass is 511 g/mol. The molecule has 3 aromatic rings. The highest BCUT2D eigenvalue weighted by molar-refractivity contribution is 7.16. The Morgan fingerprint density at radius 3 is 2.44 bits per heavy atom. The lowest BCUT2D eigenvalue weighted by molar-refractivity contribution is 0.0776. The fourth-order valence-electron chi connectivity index (χ4n) is 4.19. The van der Waals surface area contributed by atoms with E-state index in [0.717, 1.165) is 11.3 Å². The zero-order chi connectivity index (χ0) is 26.4. The van der Waals surface area contributed by atoms with Crippen LogP contribution in [0, 0.1) is 19.7 Å². The van der Waals surface area contributed by atoms with Crippen LogP contribution >= 0.6 is 11.3 Å². The molecular weight excluding hydrogens is 481 g/mol. The molecule has 0 saturated heterocycles. The second kappa shape index (κ2) is 9.55. The summed E-state index contributed by atoms with van der Waals surface area (Å²) in [6.07, 6.45) is 0. The molecular formula is C27H30FN3O4S. The number of nitrogens with one attached hydrogen (secondary N) is 1. The van der Waals surface area contributed by atoms with Gasteiger partial charge in [0.15, 0.2) is 5.75 Å². The molecule has 1 aliphatic rings. The van der Waals surface area contributed by atoms with E-state index >= 15 is 0 Å². The molecule has 0 fully saturated rings. The van der Waals surface area contributed by atoms with Crippen LogP contribution in [-0.2, 0) is 5.60 Å². The summed E-state index contributed by atoms with van der Waals surface area (Å²) in [5.41, 5.74) is 2.01. The fraction of sp³-hybridized carbons (Fsp3) is 0.333. The minimum absolute atomic E-state index is 0.173. The maximum absolute atomic E-state index is 13.9. The van der Waals surface area contributed by atoms with E-state index in [1.54, 1.807) is 57.8 Å². The van der Waals surface area contributed by atoms with Gasteiger partial charge in [0.25, 0.3) is 11.8 Å². The molecule has 4 rings (SSSR count). The predicted octanol–water partition coefficient (Wildman–Crippen LogP) is 5.45. The molecule has 0 bridgehead atoms. The summed E-state index contributed by atoms with van der Waals surface area (Å²) in [7, 11) is 1.69. The van der Waals surface area contributed by atoms with E-state index in [0.29, 0.717) is 55.9 Å². The van der Waals surface area contributed by atoms with Gasteiger partial charge in [-0.05, 0) is 81.6 Å². The van der Waals surface area contributed by atoms with E-state index in [2.05, 4.69) is 5.32 Å². The van der Waals surface area contributed by atoms with Gasteiger partial charge in [-0.25, -0.2) is 4.39 Å². The first-order valence-corrected chi connectivity index (χ1v) is 12.5. The lowest BCUT2D eigenvalue weighted by Crippen LogP contribution is -2.41. The molecule has 0 saturated carbocycles. The van der Waals surface area contributed by atoms with Crippen molar-refractivity contribution in [3.63, 3.8) is 0 Å². The van der Waals surface area contributed by atoms with Gasteiger partial charge in [-0.2, -0.15) is 0 Å². The molecule has 0 radical (unpaired) electrons. The molecule has 190 valence electrons. The lowest BCUT2D eigenvalue weighted by atomic mass is 9.97. The number of fused-ring (bicyclic) bond motifs is 1. The Kier molecular flexibility index (Phi) is 6.81. The Balaban J connectivity index is 1.88. The first-order chi connectivity index (χ1) is 16.9. The number of ether oxygens (including phenoxy) is 1. The molecule has 2 N–H and O–H groups in total. The van der Waals surface area contributed by atoms with Crippen molar-refractivity contribution < 1.29 is 23.8 Å². The molecule has 1 aromatic heterocycles. The number of carbonyl (C=O) groups excluding carboxylic acids is 2.